The van der Waals surface area contributed by atoms with Crippen molar-refractivity contribution in [2.45, 2.75) is 25.3 Å². The molecular formula is C20H25N3O2. The van der Waals surface area contributed by atoms with E-state index in [0.717, 1.165) is 30.0 Å². The summed E-state index contributed by atoms with van der Waals surface area (Å²) in [6.07, 6.45) is 3.63. The van der Waals surface area contributed by atoms with Crippen LogP contribution in [0.1, 0.15) is 30.9 Å². The molecule has 0 saturated carbocycles. The number of aliphatic hydroxyl groups is 1. The van der Waals surface area contributed by atoms with Crippen molar-refractivity contribution in [3.8, 4) is 0 Å². The minimum atomic E-state index is -0.427. The zero-order chi connectivity index (χ0) is 17.5. The molecule has 5 nitrogen and oxygen atoms in total. The molecule has 1 aliphatic heterocycles. The molecule has 25 heavy (non-hydrogen) atoms. The van der Waals surface area contributed by atoms with Crippen LogP contribution in [0.25, 0.3) is 0 Å². The quantitative estimate of drug-likeness (QED) is 0.781. The molecule has 1 heterocycles. The third-order valence-electron chi connectivity index (χ3n) is 4.54. The van der Waals surface area contributed by atoms with Gasteiger partial charge in [-0.2, -0.15) is 0 Å². The fourth-order valence-electron chi connectivity index (χ4n) is 3.23. The number of nitrogens with one attached hydrogen (secondary N) is 2. The standard InChI is InChI=1S/C20H25N3O2/c24-15-18(16-9-3-1-4-10-16)22-20(25)21-17-11-5-6-12-19(17)23-13-7-2-8-14-23/h1,3-6,9-12,18,24H,2,7-8,13-15H2,(H2,21,22,25)/t18-/m0/s1. The maximum absolute atomic E-state index is 12.4. The van der Waals surface area contributed by atoms with Gasteiger partial charge in [-0.3, -0.25) is 0 Å². The van der Waals surface area contributed by atoms with E-state index in [0.29, 0.717) is 0 Å². The number of nitrogens with zero attached hydrogens (tertiary/aromatic N) is 1. The van der Waals surface area contributed by atoms with Crippen molar-refractivity contribution in [2.24, 2.45) is 0 Å². The van der Waals surface area contributed by atoms with E-state index in [1.54, 1.807) is 0 Å². The fraction of sp³-hybridized carbons (Fsp3) is 0.350. The summed E-state index contributed by atoms with van der Waals surface area (Å²) in [5.41, 5.74) is 2.73. The Kier molecular flexibility index (Phi) is 5.90. The van der Waals surface area contributed by atoms with Gasteiger partial charge in [0.05, 0.1) is 24.0 Å². The summed E-state index contributed by atoms with van der Waals surface area (Å²) in [7, 11) is 0. The summed E-state index contributed by atoms with van der Waals surface area (Å²) in [6, 6.07) is 16.6. The first-order chi connectivity index (χ1) is 12.3. The number of hydrogen-bond donors (Lipinski definition) is 3. The smallest absolute Gasteiger partial charge is 0.319 e. The van der Waals surface area contributed by atoms with Gasteiger partial charge in [-0.1, -0.05) is 42.5 Å². The van der Waals surface area contributed by atoms with Crippen molar-refractivity contribution in [2.75, 3.05) is 29.9 Å². The third kappa shape index (κ3) is 4.51. The van der Waals surface area contributed by atoms with Gasteiger partial charge in [-0.25, -0.2) is 4.79 Å². The van der Waals surface area contributed by atoms with Gasteiger partial charge in [0.15, 0.2) is 0 Å². The Morgan fingerprint density at radius 2 is 1.68 bits per heavy atom. The summed E-state index contributed by atoms with van der Waals surface area (Å²) < 4.78 is 0. The zero-order valence-electron chi connectivity index (χ0n) is 14.3. The Bertz CT molecular complexity index is 684. The first kappa shape index (κ1) is 17.3. The molecule has 1 atom stereocenters. The van der Waals surface area contributed by atoms with E-state index in [2.05, 4.69) is 15.5 Å². The van der Waals surface area contributed by atoms with Crippen molar-refractivity contribution in [1.82, 2.24) is 5.32 Å². The van der Waals surface area contributed by atoms with E-state index in [-0.39, 0.29) is 12.6 Å². The van der Waals surface area contributed by atoms with Gasteiger partial charge < -0.3 is 20.6 Å². The number of para-hydroxylation sites is 2. The Balaban J connectivity index is 1.68. The molecule has 3 rings (SSSR count). The molecule has 2 amide bonds. The summed E-state index contributed by atoms with van der Waals surface area (Å²) in [4.78, 5) is 14.8. The lowest BCUT2D eigenvalue weighted by atomic mass is 10.1. The highest BCUT2D eigenvalue weighted by Crippen LogP contribution is 2.28. The second kappa shape index (κ2) is 8.53. The Morgan fingerprint density at radius 3 is 2.40 bits per heavy atom. The van der Waals surface area contributed by atoms with Gasteiger partial charge in [-0.05, 0) is 37.0 Å². The molecule has 1 saturated heterocycles. The highest BCUT2D eigenvalue weighted by atomic mass is 16.3. The van der Waals surface area contributed by atoms with Crippen LogP contribution in [-0.4, -0.2) is 30.8 Å². The number of anilines is 2. The SMILES string of the molecule is O=C(Nc1ccccc1N1CCCCC1)N[C@@H](CO)c1ccccc1. The van der Waals surface area contributed by atoms with Crippen LogP contribution in [0, 0.1) is 0 Å². The Hall–Kier alpha value is -2.53. The molecule has 0 unspecified atom stereocenters. The van der Waals surface area contributed by atoms with Gasteiger partial charge in [0.2, 0.25) is 0 Å². The Morgan fingerprint density at radius 1 is 1.00 bits per heavy atom. The molecule has 132 valence electrons. The lowest BCUT2D eigenvalue weighted by Gasteiger charge is -2.30. The molecule has 2 aromatic rings. The Labute approximate surface area is 148 Å². The highest BCUT2D eigenvalue weighted by molar-refractivity contribution is 5.93. The summed E-state index contributed by atoms with van der Waals surface area (Å²) in [5, 5.41) is 15.4. The summed E-state index contributed by atoms with van der Waals surface area (Å²) in [5.74, 6) is 0. The second-order valence-corrected chi connectivity index (χ2v) is 6.31. The lowest BCUT2D eigenvalue weighted by Crippen LogP contribution is -2.35. The third-order valence-corrected chi connectivity index (χ3v) is 4.54. The van der Waals surface area contributed by atoms with Crippen LogP contribution in [0.15, 0.2) is 54.6 Å². The average Bonchev–Trinajstić information content (AvgIpc) is 2.68. The number of carbonyl (C=O) groups excluding carboxylic acids is 1. The van der Waals surface area contributed by atoms with E-state index in [9.17, 15) is 9.90 Å². The lowest BCUT2D eigenvalue weighted by molar-refractivity contribution is 0.225. The number of hydrogen-bond acceptors (Lipinski definition) is 3. The fourth-order valence-corrected chi connectivity index (χ4v) is 3.23. The predicted octanol–water partition coefficient (Wildman–Crippen LogP) is 3.53. The minimum absolute atomic E-state index is 0.148. The molecule has 0 spiro atoms. The first-order valence-corrected chi connectivity index (χ1v) is 8.85. The van der Waals surface area contributed by atoms with E-state index < -0.39 is 6.04 Å². The summed E-state index contributed by atoms with van der Waals surface area (Å²) in [6.45, 7) is 1.89. The normalized spacial score (nSPS) is 15.5. The van der Waals surface area contributed by atoms with Crippen LogP contribution in [0.4, 0.5) is 16.2 Å². The topological polar surface area (TPSA) is 64.6 Å². The maximum Gasteiger partial charge on any atom is 0.319 e. The zero-order valence-corrected chi connectivity index (χ0v) is 14.3. The molecule has 2 aromatic carbocycles. The van der Waals surface area contributed by atoms with Gasteiger partial charge in [0.25, 0.3) is 0 Å². The molecule has 3 N–H and O–H groups in total. The predicted molar refractivity (Wildman–Crippen MR) is 101 cm³/mol. The van der Waals surface area contributed by atoms with Gasteiger partial charge >= 0.3 is 6.03 Å². The number of piperidine rings is 1. The molecule has 0 radical (unpaired) electrons. The number of amides is 2. The molecule has 0 aromatic heterocycles. The maximum atomic E-state index is 12.4. The van der Waals surface area contributed by atoms with Crippen LogP contribution in [0.2, 0.25) is 0 Å². The van der Waals surface area contributed by atoms with Crippen LogP contribution in [-0.2, 0) is 0 Å². The van der Waals surface area contributed by atoms with Crippen LogP contribution in [0.3, 0.4) is 0 Å². The number of aliphatic hydroxyl groups excluding tert-OH is 1. The monoisotopic (exact) mass is 339 g/mol. The van der Waals surface area contributed by atoms with Crippen molar-refractivity contribution >= 4 is 17.4 Å². The van der Waals surface area contributed by atoms with Crippen LogP contribution < -0.4 is 15.5 Å². The first-order valence-electron chi connectivity index (χ1n) is 8.85. The molecule has 0 bridgehead atoms. The van der Waals surface area contributed by atoms with E-state index in [1.807, 2.05) is 54.6 Å². The van der Waals surface area contributed by atoms with Gasteiger partial charge in [0, 0.05) is 13.1 Å². The van der Waals surface area contributed by atoms with Crippen molar-refractivity contribution < 1.29 is 9.90 Å². The minimum Gasteiger partial charge on any atom is -0.394 e. The van der Waals surface area contributed by atoms with Crippen molar-refractivity contribution in [1.29, 1.82) is 0 Å². The van der Waals surface area contributed by atoms with E-state index in [4.69, 9.17) is 0 Å². The summed E-state index contributed by atoms with van der Waals surface area (Å²) >= 11 is 0. The van der Waals surface area contributed by atoms with Crippen molar-refractivity contribution in [3.63, 3.8) is 0 Å². The van der Waals surface area contributed by atoms with Crippen LogP contribution in [0.5, 0.6) is 0 Å². The van der Waals surface area contributed by atoms with E-state index in [1.165, 1.54) is 19.3 Å². The number of benzene rings is 2. The number of rotatable bonds is 5. The van der Waals surface area contributed by atoms with Gasteiger partial charge in [-0.15, -0.1) is 0 Å². The van der Waals surface area contributed by atoms with Crippen LogP contribution >= 0.6 is 0 Å². The van der Waals surface area contributed by atoms with E-state index >= 15 is 0 Å². The largest absolute Gasteiger partial charge is 0.394 e. The molecular weight excluding hydrogens is 314 g/mol. The average molecular weight is 339 g/mol. The molecule has 1 aliphatic rings. The number of urea groups is 1. The second-order valence-electron chi connectivity index (χ2n) is 6.31. The number of carbonyl (C=O) groups is 1. The molecule has 1 fully saturated rings. The molecule has 0 aliphatic carbocycles. The molecule has 5 heteroatoms. The van der Waals surface area contributed by atoms with Crippen molar-refractivity contribution in [3.05, 3.63) is 60.2 Å². The van der Waals surface area contributed by atoms with Gasteiger partial charge in [0.1, 0.15) is 0 Å². The highest BCUT2D eigenvalue weighted by Gasteiger charge is 2.17.